The molecule has 2 aliphatic heterocycles. The van der Waals surface area contributed by atoms with E-state index in [1.807, 2.05) is 11.3 Å². The van der Waals surface area contributed by atoms with E-state index in [2.05, 4.69) is 32.6 Å². The summed E-state index contributed by atoms with van der Waals surface area (Å²) >= 11 is 1.84. The van der Waals surface area contributed by atoms with Crippen molar-refractivity contribution in [1.29, 1.82) is 0 Å². The molecule has 5 nitrogen and oxygen atoms in total. The lowest BCUT2D eigenvalue weighted by molar-refractivity contribution is 0.123. The van der Waals surface area contributed by atoms with E-state index in [-0.39, 0.29) is 5.41 Å². The molecule has 4 heterocycles. The van der Waals surface area contributed by atoms with Gasteiger partial charge >= 0.3 is 0 Å². The van der Waals surface area contributed by atoms with Crippen LogP contribution in [0.2, 0.25) is 0 Å². The van der Waals surface area contributed by atoms with E-state index < -0.39 is 0 Å². The quantitative estimate of drug-likeness (QED) is 0.843. The molecule has 5 rings (SSSR count). The molecule has 1 saturated carbocycles. The van der Waals surface area contributed by atoms with Crippen molar-refractivity contribution >= 4 is 11.3 Å². The lowest BCUT2D eigenvalue weighted by atomic mass is 9.78. The molecule has 3 fully saturated rings. The second-order valence-corrected chi connectivity index (χ2v) is 8.34. The standard InChI is InChI=1S/C17H21N3O2S/c1-2-14(23-5-1)8-20-7-13-9-21-11-17(13,10-20)6-15-18-19-16(22-15)12-3-4-12/h1-2,5,12-13H,3-4,6-11H2/t13-,17+/m0/s1. The number of nitrogens with zero attached hydrogens (tertiary/aromatic N) is 3. The summed E-state index contributed by atoms with van der Waals surface area (Å²) in [6.07, 6.45) is 3.26. The van der Waals surface area contributed by atoms with Gasteiger partial charge in [0.25, 0.3) is 0 Å². The van der Waals surface area contributed by atoms with Crippen LogP contribution in [0.1, 0.15) is 35.4 Å². The highest BCUT2D eigenvalue weighted by atomic mass is 32.1. The van der Waals surface area contributed by atoms with Crippen LogP contribution in [0.15, 0.2) is 21.9 Å². The molecular formula is C17H21N3O2S. The number of likely N-dealkylation sites (tertiary alicyclic amines) is 1. The van der Waals surface area contributed by atoms with Gasteiger partial charge in [0, 0.05) is 48.2 Å². The van der Waals surface area contributed by atoms with E-state index in [9.17, 15) is 0 Å². The van der Waals surface area contributed by atoms with Crippen LogP contribution in [0.4, 0.5) is 0 Å². The first-order chi connectivity index (χ1) is 11.3. The van der Waals surface area contributed by atoms with Gasteiger partial charge in [0.1, 0.15) is 0 Å². The van der Waals surface area contributed by atoms with Crippen molar-refractivity contribution < 1.29 is 9.15 Å². The predicted molar refractivity (Wildman–Crippen MR) is 86.3 cm³/mol. The Morgan fingerprint density at radius 2 is 2.30 bits per heavy atom. The fraction of sp³-hybridized carbons (Fsp3) is 0.647. The zero-order valence-corrected chi connectivity index (χ0v) is 13.9. The van der Waals surface area contributed by atoms with Crippen LogP contribution in [0.5, 0.6) is 0 Å². The minimum Gasteiger partial charge on any atom is -0.425 e. The molecule has 0 N–H and O–H groups in total. The van der Waals surface area contributed by atoms with Crippen molar-refractivity contribution in [2.24, 2.45) is 11.3 Å². The van der Waals surface area contributed by atoms with Crippen LogP contribution in [0, 0.1) is 11.3 Å². The fourth-order valence-electron chi connectivity index (χ4n) is 4.07. The summed E-state index contributed by atoms with van der Waals surface area (Å²) in [5, 5.41) is 10.7. The molecule has 0 aromatic carbocycles. The summed E-state index contributed by atoms with van der Waals surface area (Å²) in [7, 11) is 0. The van der Waals surface area contributed by atoms with Gasteiger partial charge in [-0.1, -0.05) is 6.07 Å². The van der Waals surface area contributed by atoms with Crippen molar-refractivity contribution in [1.82, 2.24) is 15.1 Å². The van der Waals surface area contributed by atoms with Gasteiger partial charge in [-0.15, -0.1) is 21.5 Å². The highest BCUT2D eigenvalue weighted by Gasteiger charge is 2.51. The maximum absolute atomic E-state index is 5.92. The Balaban J connectivity index is 1.32. The van der Waals surface area contributed by atoms with E-state index in [0.29, 0.717) is 11.8 Å². The monoisotopic (exact) mass is 331 g/mol. The van der Waals surface area contributed by atoms with Gasteiger partial charge in [0.05, 0.1) is 13.2 Å². The Labute approximate surface area is 139 Å². The van der Waals surface area contributed by atoms with E-state index in [4.69, 9.17) is 9.15 Å². The van der Waals surface area contributed by atoms with Crippen LogP contribution in [0.3, 0.4) is 0 Å². The summed E-state index contributed by atoms with van der Waals surface area (Å²) < 4.78 is 11.7. The van der Waals surface area contributed by atoms with Crippen molar-refractivity contribution in [3.63, 3.8) is 0 Å². The third-order valence-corrected chi connectivity index (χ3v) is 6.32. The van der Waals surface area contributed by atoms with Crippen molar-refractivity contribution in [2.45, 2.75) is 31.7 Å². The van der Waals surface area contributed by atoms with Gasteiger partial charge in [-0.05, 0) is 24.3 Å². The van der Waals surface area contributed by atoms with Crippen molar-refractivity contribution in [3.05, 3.63) is 34.2 Å². The predicted octanol–water partition coefficient (Wildman–Crippen LogP) is 2.70. The Kier molecular flexibility index (Phi) is 3.32. The van der Waals surface area contributed by atoms with Gasteiger partial charge in [-0.25, -0.2) is 0 Å². The Hall–Kier alpha value is -1.24. The number of aromatic nitrogens is 2. The van der Waals surface area contributed by atoms with Crippen LogP contribution >= 0.6 is 11.3 Å². The van der Waals surface area contributed by atoms with E-state index >= 15 is 0 Å². The lowest BCUT2D eigenvalue weighted by Crippen LogP contribution is -2.33. The van der Waals surface area contributed by atoms with Gasteiger partial charge in [0.15, 0.2) is 0 Å². The molecule has 0 bridgehead atoms. The third-order valence-electron chi connectivity index (χ3n) is 5.46. The minimum absolute atomic E-state index is 0.157. The van der Waals surface area contributed by atoms with E-state index in [1.54, 1.807) is 0 Å². The smallest absolute Gasteiger partial charge is 0.219 e. The van der Waals surface area contributed by atoms with E-state index in [0.717, 1.165) is 51.1 Å². The Bertz CT molecular complexity index is 682. The number of rotatable bonds is 5. The molecule has 0 radical (unpaired) electrons. The minimum atomic E-state index is 0.157. The molecule has 122 valence electrons. The molecule has 1 aliphatic carbocycles. The van der Waals surface area contributed by atoms with Crippen LogP contribution in [-0.4, -0.2) is 41.4 Å². The Morgan fingerprint density at radius 1 is 1.35 bits per heavy atom. The van der Waals surface area contributed by atoms with Crippen LogP contribution < -0.4 is 0 Å². The topological polar surface area (TPSA) is 51.4 Å². The summed E-state index contributed by atoms with van der Waals surface area (Å²) in [5.41, 5.74) is 0.157. The molecular weight excluding hydrogens is 310 g/mol. The zero-order valence-electron chi connectivity index (χ0n) is 13.1. The second-order valence-electron chi connectivity index (χ2n) is 7.31. The van der Waals surface area contributed by atoms with Gasteiger partial charge in [-0.3, -0.25) is 4.90 Å². The molecule has 0 spiro atoms. The molecule has 6 heteroatoms. The van der Waals surface area contributed by atoms with Gasteiger partial charge in [0.2, 0.25) is 11.8 Å². The normalized spacial score (nSPS) is 30.9. The number of hydrogen-bond donors (Lipinski definition) is 0. The SMILES string of the molecule is c1csc(CN2C[C@H]3COC[C@@]3(Cc3nnc(C4CC4)o3)C2)c1. The summed E-state index contributed by atoms with van der Waals surface area (Å²) in [5.74, 6) is 2.77. The average Bonchev–Trinajstić information content (AvgIpc) is 2.92. The van der Waals surface area contributed by atoms with E-state index in [1.165, 1.54) is 17.7 Å². The maximum atomic E-state index is 5.92. The van der Waals surface area contributed by atoms with Crippen molar-refractivity contribution in [2.75, 3.05) is 26.3 Å². The fourth-order valence-corrected chi connectivity index (χ4v) is 4.82. The average molecular weight is 331 g/mol. The number of hydrogen-bond acceptors (Lipinski definition) is 6. The number of fused-ring (bicyclic) bond motifs is 1. The highest BCUT2D eigenvalue weighted by molar-refractivity contribution is 7.09. The molecule has 0 unspecified atom stereocenters. The third kappa shape index (κ3) is 2.62. The zero-order chi connectivity index (χ0) is 15.3. The summed E-state index contributed by atoms with van der Waals surface area (Å²) in [4.78, 5) is 4.01. The maximum Gasteiger partial charge on any atom is 0.219 e. The summed E-state index contributed by atoms with van der Waals surface area (Å²) in [6, 6.07) is 4.36. The lowest BCUT2D eigenvalue weighted by Gasteiger charge is -2.25. The highest BCUT2D eigenvalue weighted by Crippen LogP contribution is 2.45. The van der Waals surface area contributed by atoms with Gasteiger partial charge in [-0.2, -0.15) is 0 Å². The first-order valence-corrected chi connectivity index (χ1v) is 9.33. The first kappa shape index (κ1) is 14.1. The molecule has 23 heavy (non-hydrogen) atoms. The van der Waals surface area contributed by atoms with Crippen molar-refractivity contribution in [3.8, 4) is 0 Å². The molecule has 2 aromatic heterocycles. The molecule has 2 atom stereocenters. The first-order valence-electron chi connectivity index (χ1n) is 8.45. The summed E-state index contributed by atoms with van der Waals surface area (Å²) in [6.45, 7) is 4.91. The van der Waals surface area contributed by atoms with Crippen LogP contribution in [0.25, 0.3) is 0 Å². The molecule has 2 saturated heterocycles. The number of ether oxygens (including phenoxy) is 1. The molecule has 3 aliphatic rings. The number of thiophene rings is 1. The van der Waals surface area contributed by atoms with Crippen LogP contribution in [-0.2, 0) is 17.7 Å². The second kappa shape index (κ2) is 5.40. The molecule has 2 aromatic rings. The Morgan fingerprint density at radius 3 is 3.13 bits per heavy atom. The largest absolute Gasteiger partial charge is 0.425 e. The molecule has 0 amide bonds. The van der Waals surface area contributed by atoms with Gasteiger partial charge < -0.3 is 9.15 Å².